The standard InChI is InChI=1S/C15H13F5N2O5/c1-6-11(13(25)22-9(5-23)12(21)24)8-4-7(2-3-10(8)26-6)27-15(19,20)14(16,17)18/h2-4,9,23H,5H2,1H3,(H2,21,24)(H,22,25)/t9-/m0/s1. The number of amides is 2. The molecule has 27 heavy (non-hydrogen) atoms. The number of halogens is 5. The second-order valence-electron chi connectivity index (χ2n) is 5.42. The minimum Gasteiger partial charge on any atom is -0.461 e. The zero-order valence-corrected chi connectivity index (χ0v) is 13.6. The molecular weight excluding hydrogens is 383 g/mol. The molecular formula is C15H13F5N2O5. The Kier molecular flexibility index (Phi) is 5.31. The van der Waals surface area contributed by atoms with Crippen LogP contribution in [0.1, 0.15) is 16.1 Å². The Morgan fingerprint density at radius 2 is 1.93 bits per heavy atom. The van der Waals surface area contributed by atoms with Gasteiger partial charge in [-0.05, 0) is 25.1 Å². The average Bonchev–Trinajstić information content (AvgIpc) is 2.85. The third-order valence-electron chi connectivity index (χ3n) is 3.47. The molecule has 1 aromatic heterocycles. The average molecular weight is 396 g/mol. The van der Waals surface area contributed by atoms with Crippen LogP contribution in [-0.4, -0.2) is 41.9 Å². The summed E-state index contributed by atoms with van der Waals surface area (Å²) in [6.45, 7) is 0.528. The predicted molar refractivity (Wildman–Crippen MR) is 80.1 cm³/mol. The minimum atomic E-state index is -5.94. The van der Waals surface area contributed by atoms with Crippen LogP contribution in [0, 0.1) is 6.92 Å². The maximum atomic E-state index is 13.1. The first kappa shape index (κ1) is 20.4. The lowest BCUT2D eigenvalue weighted by molar-refractivity contribution is -0.360. The number of rotatable bonds is 6. The molecule has 2 rings (SSSR count). The number of carbonyl (C=O) groups is 2. The van der Waals surface area contributed by atoms with Gasteiger partial charge in [0.05, 0.1) is 12.2 Å². The SMILES string of the molecule is Cc1oc2ccc(OC(F)(F)C(F)(F)F)cc2c1C(=O)N[C@@H](CO)C(N)=O. The highest BCUT2D eigenvalue weighted by Gasteiger charge is 2.61. The van der Waals surface area contributed by atoms with Crippen LogP contribution in [0.4, 0.5) is 22.0 Å². The molecule has 4 N–H and O–H groups in total. The summed E-state index contributed by atoms with van der Waals surface area (Å²) >= 11 is 0. The van der Waals surface area contributed by atoms with Gasteiger partial charge < -0.3 is 25.3 Å². The molecule has 148 valence electrons. The molecule has 0 bridgehead atoms. The molecule has 0 spiro atoms. The van der Waals surface area contributed by atoms with Crippen LogP contribution in [-0.2, 0) is 4.79 Å². The quantitative estimate of drug-likeness (QED) is 0.645. The van der Waals surface area contributed by atoms with Crippen LogP contribution in [0.3, 0.4) is 0 Å². The summed E-state index contributed by atoms with van der Waals surface area (Å²) in [5.74, 6) is -2.87. The van der Waals surface area contributed by atoms with E-state index in [9.17, 15) is 31.5 Å². The third-order valence-corrected chi connectivity index (χ3v) is 3.47. The Hall–Kier alpha value is -2.89. The smallest absolute Gasteiger partial charge is 0.461 e. The fourth-order valence-corrected chi connectivity index (χ4v) is 2.19. The molecule has 0 saturated carbocycles. The van der Waals surface area contributed by atoms with E-state index < -0.39 is 42.5 Å². The third kappa shape index (κ3) is 4.10. The molecule has 0 fully saturated rings. The number of alkyl halides is 5. The highest BCUT2D eigenvalue weighted by molar-refractivity contribution is 6.08. The van der Waals surface area contributed by atoms with E-state index in [-0.39, 0.29) is 22.3 Å². The minimum absolute atomic E-state index is 0.0000477. The summed E-state index contributed by atoms with van der Waals surface area (Å²) in [6, 6.07) is 1.18. The number of carbonyl (C=O) groups excluding carboxylic acids is 2. The summed E-state index contributed by atoms with van der Waals surface area (Å²) in [4.78, 5) is 23.4. The number of aliphatic hydroxyl groups is 1. The van der Waals surface area contributed by atoms with Crippen molar-refractivity contribution in [3.8, 4) is 5.75 Å². The van der Waals surface area contributed by atoms with Crippen LogP contribution in [0.2, 0.25) is 0 Å². The van der Waals surface area contributed by atoms with Crippen LogP contribution in [0.5, 0.6) is 5.75 Å². The number of furan rings is 1. The van der Waals surface area contributed by atoms with Gasteiger partial charge in [-0.25, -0.2) is 0 Å². The van der Waals surface area contributed by atoms with Gasteiger partial charge in [-0.3, -0.25) is 9.59 Å². The molecule has 0 saturated heterocycles. The van der Waals surface area contributed by atoms with Gasteiger partial charge in [0.2, 0.25) is 5.91 Å². The highest BCUT2D eigenvalue weighted by Crippen LogP contribution is 2.38. The first-order valence-electron chi connectivity index (χ1n) is 7.25. The fraction of sp³-hybridized carbons (Fsp3) is 0.333. The van der Waals surface area contributed by atoms with Gasteiger partial charge >= 0.3 is 12.3 Å². The normalized spacial score (nSPS) is 13.4. The van der Waals surface area contributed by atoms with E-state index in [1.165, 1.54) is 6.92 Å². The van der Waals surface area contributed by atoms with E-state index in [1.807, 2.05) is 0 Å². The van der Waals surface area contributed by atoms with E-state index in [0.29, 0.717) is 0 Å². The van der Waals surface area contributed by atoms with Gasteiger partial charge in [-0.15, -0.1) is 0 Å². The van der Waals surface area contributed by atoms with E-state index >= 15 is 0 Å². The van der Waals surface area contributed by atoms with E-state index in [1.54, 1.807) is 0 Å². The second kappa shape index (κ2) is 7.02. The number of primary amides is 1. The van der Waals surface area contributed by atoms with Crippen molar-refractivity contribution in [2.24, 2.45) is 5.73 Å². The number of hydrogen-bond acceptors (Lipinski definition) is 5. The number of ether oxygens (including phenoxy) is 1. The molecule has 1 aromatic carbocycles. The van der Waals surface area contributed by atoms with E-state index in [0.717, 1.165) is 18.2 Å². The monoisotopic (exact) mass is 396 g/mol. The Morgan fingerprint density at radius 1 is 1.30 bits per heavy atom. The molecule has 2 amide bonds. The molecule has 12 heteroatoms. The zero-order valence-electron chi connectivity index (χ0n) is 13.6. The maximum Gasteiger partial charge on any atom is 0.499 e. The molecule has 2 aromatic rings. The Morgan fingerprint density at radius 3 is 2.44 bits per heavy atom. The van der Waals surface area contributed by atoms with Crippen LogP contribution >= 0.6 is 0 Å². The summed E-state index contributed by atoms with van der Waals surface area (Å²) < 4.78 is 71.9. The number of fused-ring (bicyclic) bond motifs is 1. The highest BCUT2D eigenvalue weighted by atomic mass is 19.4. The van der Waals surface area contributed by atoms with Crippen molar-refractivity contribution in [2.45, 2.75) is 25.3 Å². The summed E-state index contributed by atoms with van der Waals surface area (Å²) in [7, 11) is 0. The molecule has 0 radical (unpaired) electrons. The van der Waals surface area contributed by atoms with Crippen LogP contribution in [0.15, 0.2) is 22.6 Å². The summed E-state index contributed by atoms with van der Waals surface area (Å²) in [6.07, 6.45) is -11.4. The summed E-state index contributed by atoms with van der Waals surface area (Å²) in [5, 5.41) is 11.0. The van der Waals surface area contributed by atoms with Gasteiger partial charge in [0.15, 0.2) is 0 Å². The van der Waals surface area contributed by atoms with Crippen molar-refractivity contribution < 1.29 is 45.8 Å². The topological polar surface area (TPSA) is 115 Å². The van der Waals surface area contributed by atoms with Crippen molar-refractivity contribution in [3.05, 3.63) is 29.5 Å². The van der Waals surface area contributed by atoms with E-state index in [2.05, 4.69) is 10.1 Å². The molecule has 0 aliphatic rings. The number of benzene rings is 1. The van der Waals surface area contributed by atoms with Gasteiger partial charge in [0, 0.05) is 5.39 Å². The van der Waals surface area contributed by atoms with E-state index in [4.69, 9.17) is 15.3 Å². The number of nitrogens with two attached hydrogens (primary N) is 1. The van der Waals surface area contributed by atoms with Gasteiger partial charge in [0.1, 0.15) is 23.1 Å². The van der Waals surface area contributed by atoms with Crippen LogP contribution < -0.4 is 15.8 Å². The number of nitrogens with one attached hydrogen (secondary N) is 1. The van der Waals surface area contributed by atoms with Gasteiger partial charge in [-0.2, -0.15) is 22.0 Å². The van der Waals surface area contributed by atoms with Gasteiger partial charge in [0.25, 0.3) is 5.91 Å². The second-order valence-corrected chi connectivity index (χ2v) is 5.42. The van der Waals surface area contributed by atoms with Crippen molar-refractivity contribution >= 4 is 22.8 Å². The van der Waals surface area contributed by atoms with Crippen molar-refractivity contribution in [2.75, 3.05) is 6.61 Å². The Bertz CT molecular complexity index is 877. The van der Waals surface area contributed by atoms with Crippen molar-refractivity contribution in [1.29, 1.82) is 0 Å². The van der Waals surface area contributed by atoms with Gasteiger partial charge in [-0.1, -0.05) is 0 Å². The van der Waals surface area contributed by atoms with Crippen molar-refractivity contribution in [3.63, 3.8) is 0 Å². The molecule has 0 aliphatic heterocycles. The molecule has 0 unspecified atom stereocenters. The van der Waals surface area contributed by atoms with Crippen LogP contribution in [0.25, 0.3) is 11.0 Å². The number of hydrogen-bond donors (Lipinski definition) is 3. The fourth-order valence-electron chi connectivity index (χ4n) is 2.19. The zero-order chi connectivity index (χ0) is 20.6. The molecule has 7 nitrogen and oxygen atoms in total. The number of aliphatic hydroxyl groups excluding tert-OH is 1. The largest absolute Gasteiger partial charge is 0.499 e. The van der Waals surface area contributed by atoms with Crippen molar-refractivity contribution in [1.82, 2.24) is 5.32 Å². The Balaban J connectivity index is 2.42. The summed E-state index contributed by atoms with van der Waals surface area (Å²) in [5.41, 5.74) is 4.74. The molecule has 1 heterocycles. The molecule has 1 atom stereocenters. The first-order chi connectivity index (χ1) is 12.4. The number of aryl methyl sites for hydroxylation is 1. The predicted octanol–water partition coefficient (Wildman–Crippen LogP) is 1.85. The lowest BCUT2D eigenvalue weighted by Gasteiger charge is -2.20. The first-order valence-corrected chi connectivity index (χ1v) is 7.25. The molecule has 0 aliphatic carbocycles. The lowest BCUT2D eigenvalue weighted by atomic mass is 10.1. The lowest BCUT2D eigenvalue weighted by Crippen LogP contribution is -2.46. The Labute approximate surface area is 147 Å². The maximum absolute atomic E-state index is 13.1.